The van der Waals surface area contributed by atoms with Crippen molar-refractivity contribution in [2.45, 2.75) is 13.3 Å². The van der Waals surface area contributed by atoms with Crippen molar-refractivity contribution in [2.24, 2.45) is 0 Å². The number of aromatic nitrogens is 2. The maximum atomic E-state index is 6.28. The van der Waals surface area contributed by atoms with E-state index in [0.717, 1.165) is 23.1 Å². The molecule has 0 aliphatic rings. The molecular formula is C15H14ClN3. The highest BCUT2D eigenvalue weighted by Gasteiger charge is 2.12. The second-order valence-electron chi connectivity index (χ2n) is 4.44. The van der Waals surface area contributed by atoms with Crippen molar-refractivity contribution >= 4 is 28.6 Å². The van der Waals surface area contributed by atoms with Gasteiger partial charge in [0.25, 0.3) is 0 Å². The Morgan fingerprint density at radius 1 is 1.21 bits per heavy atom. The van der Waals surface area contributed by atoms with Crippen molar-refractivity contribution in [3.8, 4) is 5.69 Å². The predicted molar refractivity (Wildman–Crippen MR) is 79.9 cm³/mol. The zero-order valence-electron chi connectivity index (χ0n) is 10.6. The van der Waals surface area contributed by atoms with Crippen molar-refractivity contribution in [1.29, 1.82) is 0 Å². The van der Waals surface area contributed by atoms with Crippen molar-refractivity contribution in [3.05, 3.63) is 53.1 Å². The van der Waals surface area contributed by atoms with Gasteiger partial charge < -0.3 is 5.73 Å². The molecule has 3 rings (SSSR count). The van der Waals surface area contributed by atoms with Crippen LogP contribution in [0.2, 0.25) is 5.02 Å². The van der Waals surface area contributed by atoms with E-state index < -0.39 is 0 Å². The third-order valence-corrected chi connectivity index (χ3v) is 3.54. The number of hydrogen-bond acceptors (Lipinski definition) is 2. The molecule has 2 N–H and O–H groups in total. The molecule has 3 aromatic rings. The minimum Gasteiger partial charge on any atom is -0.369 e. The molecule has 0 aliphatic carbocycles. The van der Waals surface area contributed by atoms with Gasteiger partial charge in [-0.2, -0.15) is 0 Å². The van der Waals surface area contributed by atoms with Crippen molar-refractivity contribution in [2.75, 3.05) is 5.73 Å². The van der Waals surface area contributed by atoms with Crippen LogP contribution in [0.1, 0.15) is 12.5 Å². The van der Waals surface area contributed by atoms with Gasteiger partial charge in [-0.25, -0.2) is 4.98 Å². The van der Waals surface area contributed by atoms with Crippen molar-refractivity contribution in [3.63, 3.8) is 0 Å². The highest BCUT2D eigenvalue weighted by atomic mass is 35.5. The summed E-state index contributed by atoms with van der Waals surface area (Å²) >= 11 is 6.28. The maximum absolute atomic E-state index is 6.28. The summed E-state index contributed by atoms with van der Waals surface area (Å²) in [7, 11) is 0. The Hall–Kier alpha value is -2.00. The van der Waals surface area contributed by atoms with Gasteiger partial charge in [-0.15, -0.1) is 0 Å². The topological polar surface area (TPSA) is 43.8 Å². The van der Waals surface area contributed by atoms with Gasteiger partial charge in [0.1, 0.15) is 0 Å². The number of benzene rings is 2. The molecule has 3 nitrogen and oxygen atoms in total. The Bertz CT molecular complexity index is 746. The molecular weight excluding hydrogens is 258 g/mol. The van der Waals surface area contributed by atoms with Crippen LogP contribution < -0.4 is 5.73 Å². The summed E-state index contributed by atoms with van der Waals surface area (Å²) in [5, 5.41) is 0.656. The zero-order chi connectivity index (χ0) is 13.4. The van der Waals surface area contributed by atoms with E-state index in [9.17, 15) is 0 Å². The molecule has 1 aromatic heterocycles. The summed E-state index contributed by atoms with van der Waals surface area (Å²) in [6, 6.07) is 13.9. The van der Waals surface area contributed by atoms with Crippen LogP contribution in [0.5, 0.6) is 0 Å². The van der Waals surface area contributed by atoms with Gasteiger partial charge in [0.2, 0.25) is 5.95 Å². The first-order valence-electron chi connectivity index (χ1n) is 6.22. The van der Waals surface area contributed by atoms with E-state index in [1.165, 1.54) is 5.56 Å². The smallest absolute Gasteiger partial charge is 0.205 e. The monoisotopic (exact) mass is 271 g/mol. The van der Waals surface area contributed by atoms with Gasteiger partial charge in [-0.3, -0.25) is 4.57 Å². The molecule has 0 spiro atoms. The number of hydrogen-bond donors (Lipinski definition) is 1. The fourth-order valence-corrected chi connectivity index (χ4v) is 2.53. The maximum Gasteiger partial charge on any atom is 0.205 e. The Morgan fingerprint density at radius 2 is 2.00 bits per heavy atom. The van der Waals surface area contributed by atoms with E-state index in [2.05, 4.69) is 24.0 Å². The SMILES string of the molecule is CCc1cccc(-n2c(N)nc3cccc(Cl)c32)c1. The van der Waals surface area contributed by atoms with E-state index in [1.54, 1.807) is 0 Å². The van der Waals surface area contributed by atoms with Crippen LogP contribution in [0.4, 0.5) is 5.95 Å². The number of nitrogens with zero attached hydrogens (tertiary/aromatic N) is 2. The molecule has 0 amide bonds. The molecule has 1 heterocycles. The lowest BCUT2D eigenvalue weighted by Crippen LogP contribution is -2.01. The third-order valence-electron chi connectivity index (χ3n) is 3.23. The predicted octanol–water partition coefficient (Wildman–Crippen LogP) is 3.82. The first kappa shape index (κ1) is 12.1. The number of rotatable bonds is 2. The van der Waals surface area contributed by atoms with Gasteiger partial charge in [-0.1, -0.05) is 36.7 Å². The lowest BCUT2D eigenvalue weighted by molar-refractivity contribution is 1.08. The number of fused-ring (bicyclic) bond motifs is 1. The minimum absolute atomic E-state index is 0.455. The van der Waals surface area contributed by atoms with Crippen LogP contribution in [-0.4, -0.2) is 9.55 Å². The van der Waals surface area contributed by atoms with Gasteiger partial charge >= 0.3 is 0 Å². The number of halogens is 1. The zero-order valence-corrected chi connectivity index (χ0v) is 11.4. The molecule has 0 atom stereocenters. The molecule has 0 saturated carbocycles. The highest BCUT2D eigenvalue weighted by Crippen LogP contribution is 2.29. The lowest BCUT2D eigenvalue weighted by Gasteiger charge is -2.09. The first-order chi connectivity index (χ1) is 9.20. The van der Waals surface area contributed by atoms with E-state index in [4.69, 9.17) is 17.3 Å². The molecule has 0 aliphatic heterocycles. The van der Waals surface area contributed by atoms with Gasteiger partial charge in [0.05, 0.1) is 16.1 Å². The number of nitrogens with two attached hydrogens (primary N) is 1. The van der Waals surface area contributed by atoms with Gasteiger partial charge in [-0.05, 0) is 36.2 Å². The summed E-state index contributed by atoms with van der Waals surface area (Å²) in [6.07, 6.45) is 0.980. The summed E-state index contributed by atoms with van der Waals surface area (Å²) in [5.41, 5.74) is 9.96. The molecule has 4 heteroatoms. The number of imidazole rings is 1. The van der Waals surface area contributed by atoms with E-state index >= 15 is 0 Å². The van der Waals surface area contributed by atoms with Crippen LogP contribution in [0, 0.1) is 0 Å². The number of aryl methyl sites for hydroxylation is 1. The summed E-state index contributed by atoms with van der Waals surface area (Å²) in [5.74, 6) is 0.455. The van der Waals surface area contributed by atoms with E-state index in [1.807, 2.05) is 34.9 Å². The number of nitrogen functional groups attached to an aromatic ring is 1. The van der Waals surface area contributed by atoms with Crippen molar-refractivity contribution in [1.82, 2.24) is 9.55 Å². The molecule has 0 bridgehead atoms. The van der Waals surface area contributed by atoms with Crippen LogP contribution in [0.25, 0.3) is 16.7 Å². The molecule has 0 unspecified atom stereocenters. The average Bonchev–Trinajstić information content (AvgIpc) is 2.76. The second kappa shape index (κ2) is 4.59. The molecule has 0 saturated heterocycles. The van der Waals surface area contributed by atoms with E-state index in [0.29, 0.717) is 11.0 Å². The fraction of sp³-hybridized carbons (Fsp3) is 0.133. The Morgan fingerprint density at radius 3 is 2.79 bits per heavy atom. The van der Waals surface area contributed by atoms with Gasteiger partial charge in [0, 0.05) is 5.69 Å². The number of para-hydroxylation sites is 1. The summed E-state index contributed by atoms with van der Waals surface area (Å²) in [6.45, 7) is 2.13. The lowest BCUT2D eigenvalue weighted by atomic mass is 10.1. The van der Waals surface area contributed by atoms with Gasteiger partial charge in [0.15, 0.2) is 0 Å². The van der Waals surface area contributed by atoms with Crippen LogP contribution in [-0.2, 0) is 6.42 Å². The van der Waals surface area contributed by atoms with E-state index in [-0.39, 0.29) is 0 Å². The van der Waals surface area contributed by atoms with Crippen molar-refractivity contribution < 1.29 is 0 Å². The van der Waals surface area contributed by atoms with Crippen LogP contribution in [0.15, 0.2) is 42.5 Å². The molecule has 0 radical (unpaired) electrons. The highest BCUT2D eigenvalue weighted by molar-refractivity contribution is 6.35. The Kier molecular flexibility index (Phi) is 2.91. The largest absolute Gasteiger partial charge is 0.369 e. The van der Waals surface area contributed by atoms with Crippen LogP contribution in [0.3, 0.4) is 0 Å². The fourth-order valence-electron chi connectivity index (χ4n) is 2.28. The normalized spacial score (nSPS) is 11.1. The molecule has 96 valence electrons. The Balaban J connectivity index is 2.32. The molecule has 2 aromatic carbocycles. The molecule has 0 fully saturated rings. The summed E-state index contributed by atoms with van der Waals surface area (Å²) in [4.78, 5) is 4.36. The minimum atomic E-state index is 0.455. The third kappa shape index (κ3) is 1.96. The Labute approximate surface area is 116 Å². The quantitative estimate of drug-likeness (QED) is 0.770. The summed E-state index contributed by atoms with van der Waals surface area (Å²) < 4.78 is 1.90. The second-order valence-corrected chi connectivity index (χ2v) is 4.84. The first-order valence-corrected chi connectivity index (χ1v) is 6.60. The average molecular weight is 272 g/mol. The van der Waals surface area contributed by atoms with Crippen LogP contribution >= 0.6 is 11.6 Å². The molecule has 19 heavy (non-hydrogen) atoms. The standard InChI is InChI=1S/C15H14ClN3/c1-2-10-5-3-6-11(9-10)19-14-12(16)7-4-8-13(14)18-15(19)17/h3-9H,2H2,1H3,(H2,17,18). The number of anilines is 1.